The predicted octanol–water partition coefficient (Wildman–Crippen LogP) is 1.20. The summed E-state index contributed by atoms with van der Waals surface area (Å²) in [7, 11) is 1.54. The van der Waals surface area contributed by atoms with Crippen LogP contribution in [0.25, 0.3) is 10.7 Å². The van der Waals surface area contributed by atoms with E-state index in [1.54, 1.807) is 29.5 Å². The van der Waals surface area contributed by atoms with Crippen LogP contribution in [-0.4, -0.2) is 72.6 Å². The highest BCUT2D eigenvalue weighted by molar-refractivity contribution is 7.99. The summed E-state index contributed by atoms with van der Waals surface area (Å²) in [6.45, 7) is -0.359. The lowest BCUT2D eigenvalue weighted by atomic mass is 9.97. The Hall–Kier alpha value is -2.33. The maximum atomic E-state index is 10.9. The number of thioether (sulfide) groups is 1. The van der Waals surface area contributed by atoms with Crippen molar-refractivity contribution in [3.8, 4) is 23.0 Å². The lowest BCUT2D eigenvalue weighted by Gasteiger charge is -2.43. The Morgan fingerprint density at radius 2 is 2.30 bits per heavy atom. The molecule has 1 aliphatic heterocycles. The van der Waals surface area contributed by atoms with Crippen molar-refractivity contribution >= 4 is 23.1 Å². The number of terminal acetylenes is 1. The summed E-state index contributed by atoms with van der Waals surface area (Å²) in [5.41, 5.74) is 0.682. The first kappa shape index (κ1) is 20.9. The van der Waals surface area contributed by atoms with Crippen molar-refractivity contribution in [2.75, 3.05) is 13.7 Å². The number of thiazole rings is 1. The van der Waals surface area contributed by atoms with Crippen molar-refractivity contribution in [1.29, 1.82) is 0 Å². The van der Waals surface area contributed by atoms with Crippen LogP contribution in [-0.2, 0) is 9.47 Å². The lowest BCUT2D eigenvalue weighted by molar-refractivity contribution is -0.186. The second-order valence-corrected chi connectivity index (χ2v) is 8.57. The molecule has 0 spiro atoms. The molecule has 30 heavy (non-hydrogen) atoms. The van der Waals surface area contributed by atoms with Crippen molar-refractivity contribution in [1.82, 2.24) is 25.0 Å². The van der Waals surface area contributed by atoms with Crippen LogP contribution < -0.4 is 0 Å². The van der Waals surface area contributed by atoms with E-state index in [1.807, 2.05) is 11.4 Å². The predicted molar refractivity (Wildman–Crippen MR) is 111 cm³/mol. The van der Waals surface area contributed by atoms with Gasteiger partial charge in [-0.05, 0) is 6.07 Å². The van der Waals surface area contributed by atoms with Gasteiger partial charge in [-0.1, -0.05) is 22.9 Å². The number of aromatic nitrogens is 5. The monoisotopic (exact) mass is 445 g/mol. The third kappa shape index (κ3) is 4.11. The summed E-state index contributed by atoms with van der Waals surface area (Å²) >= 11 is 2.79. The van der Waals surface area contributed by atoms with Crippen molar-refractivity contribution in [2.24, 2.45) is 0 Å². The molecule has 0 aliphatic carbocycles. The molecule has 0 bridgehead atoms. The van der Waals surface area contributed by atoms with Gasteiger partial charge in [-0.15, -0.1) is 22.9 Å². The van der Waals surface area contributed by atoms with Gasteiger partial charge in [-0.3, -0.25) is 4.98 Å². The Morgan fingerprint density at radius 1 is 1.43 bits per heavy atom. The molecule has 11 heteroatoms. The normalized spacial score (nSPS) is 26.4. The Morgan fingerprint density at radius 3 is 3.00 bits per heavy atom. The number of nitrogens with zero attached hydrogens (tertiary/aromatic N) is 5. The molecule has 5 atom stereocenters. The molecule has 0 radical (unpaired) electrons. The average Bonchev–Trinajstić information content (AvgIpc) is 3.46. The maximum absolute atomic E-state index is 10.9. The van der Waals surface area contributed by atoms with E-state index in [-0.39, 0.29) is 6.61 Å². The lowest BCUT2D eigenvalue weighted by Crippen LogP contribution is -2.55. The smallest absolute Gasteiger partial charge is 0.145 e. The highest BCUT2D eigenvalue weighted by Gasteiger charge is 2.47. The second-order valence-electron chi connectivity index (χ2n) is 6.50. The van der Waals surface area contributed by atoms with Gasteiger partial charge in [0.25, 0.3) is 0 Å². The fraction of sp³-hybridized carbons (Fsp3) is 0.368. The standard InChI is InChI=1S/C19H19N5O4S2/c1-3-11-6-12(8-20-7-11)30-19-17(27-2)15(16(26)14(10-25)28-19)24-9-13(22-23-24)18-21-4-5-29-18/h1,4-9,14-17,19,25-26H,10H2,2H3/t14-,15+,16+,17-,19-/m1/s1. The number of pyridine rings is 1. The van der Waals surface area contributed by atoms with Crippen molar-refractivity contribution in [3.63, 3.8) is 0 Å². The van der Waals surface area contributed by atoms with Crippen LogP contribution in [0, 0.1) is 12.3 Å². The molecule has 1 aliphatic rings. The Balaban J connectivity index is 1.65. The number of rotatable bonds is 6. The molecule has 0 unspecified atom stereocenters. The molecule has 0 amide bonds. The number of hydrogen-bond donors (Lipinski definition) is 2. The number of methoxy groups -OCH3 is 1. The molecule has 4 rings (SSSR count). The highest BCUT2D eigenvalue weighted by Crippen LogP contribution is 2.39. The van der Waals surface area contributed by atoms with E-state index in [1.165, 1.54) is 30.2 Å². The third-order valence-electron chi connectivity index (χ3n) is 4.70. The minimum absolute atomic E-state index is 0.359. The van der Waals surface area contributed by atoms with E-state index < -0.39 is 29.8 Å². The quantitative estimate of drug-likeness (QED) is 0.540. The van der Waals surface area contributed by atoms with Crippen molar-refractivity contribution in [3.05, 3.63) is 41.8 Å². The van der Waals surface area contributed by atoms with Gasteiger partial charge in [0.1, 0.15) is 40.5 Å². The van der Waals surface area contributed by atoms with Gasteiger partial charge in [0.05, 0.1) is 12.8 Å². The van der Waals surface area contributed by atoms with Gasteiger partial charge in [0.15, 0.2) is 0 Å². The minimum Gasteiger partial charge on any atom is -0.394 e. The molecule has 1 saturated heterocycles. The van der Waals surface area contributed by atoms with E-state index in [4.69, 9.17) is 15.9 Å². The van der Waals surface area contributed by atoms with Gasteiger partial charge in [-0.25, -0.2) is 9.67 Å². The van der Waals surface area contributed by atoms with Crippen LogP contribution in [0.15, 0.2) is 41.1 Å². The molecule has 4 heterocycles. The third-order valence-corrected chi connectivity index (χ3v) is 6.60. The molecule has 0 aromatic carbocycles. The van der Waals surface area contributed by atoms with Gasteiger partial charge in [0.2, 0.25) is 0 Å². The summed E-state index contributed by atoms with van der Waals surface area (Å²) < 4.78 is 13.2. The zero-order chi connectivity index (χ0) is 21.1. The van der Waals surface area contributed by atoms with Gasteiger partial charge in [-0.2, -0.15) is 0 Å². The van der Waals surface area contributed by atoms with Crippen LogP contribution in [0.5, 0.6) is 0 Å². The Bertz CT molecular complexity index is 1020. The molecule has 3 aromatic rings. The van der Waals surface area contributed by atoms with E-state index >= 15 is 0 Å². The summed E-state index contributed by atoms with van der Waals surface area (Å²) in [5.74, 6) is 2.55. The summed E-state index contributed by atoms with van der Waals surface area (Å²) in [6.07, 6.45) is 9.66. The van der Waals surface area contributed by atoms with Crippen molar-refractivity contribution in [2.45, 2.75) is 34.7 Å². The first-order valence-corrected chi connectivity index (χ1v) is 10.8. The second kappa shape index (κ2) is 9.22. The van der Waals surface area contributed by atoms with Gasteiger partial charge in [0, 0.05) is 41.5 Å². The topological polar surface area (TPSA) is 115 Å². The summed E-state index contributed by atoms with van der Waals surface area (Å²) in [5, 5.41) is 31.6. The Labute approximate surface area is 181 Å². The average molecular weight is 446 g/mol. The van der Waals surface area contributed by atoms with Crippen LogP contribution in [0.1, 0.15) is 11.6 Å². The zero-order valence-electron chi connectivity index (χ0n) is 15.9. The molecule has 0 saturated carbocycles. The zero-order valence-corrected chi connectivity index (χ0v) is 17.5. The molecular weight excluding hydrogens is 426 g/mol. The largest absolute Gasteiger partial charge is 0.394 e. The minimum atomic E-state index is -1.06. The van der Waals surface area contributed by atoms with Crippen molar-refractivity contribution < 1.29 is 19.7 Å². The molecule has 2 N–H and O–H groups in total. The van der Waals surface area contributed by atoms with E-state index in [0.29, 0.717) is 11.3 Å². The van der Waals surface area contributed by atoms with Gasteiger partial charge >= 0.3 is 0 Å². The maximum Gasteiger partial charge on any atom is 0.145 e. The molecular formula is C19H19N5O4S2. The van der Waals surface area contributed by atoms with Crippen LogP contribution in [0.4, 0.5) is 0 Å². The Kier molecular flexibility index (Phi) is 6.43. The first-order valence-electron chi connectivity index (χ1n) is 9.01. The first-order chi connectivity index (χ1) is 14.6. The highest BCUT2D eigenvalue weighted by atomic mass is 32.2. The van der Waals surface area contributed by atoms with Gasteiger partial charge < -0.3 is 19.7 Å². The number of aliphatic hydroxyl groups is 2. The van der Waals surface area contributed by atoms with Crippen LogP contribution in [0.3, 0.4) is 0 Å². The molecule has 156 valence electrons. The molecule has 1 fully saturated rings. The number of hydrogen-bond acceptors (Lipinski definition) is 10. The number of ether oxygens (including phenoxy) is 2. The van der Waals surface area contributed by atoms with E-state index in [0.717, 1.165) is 9.90 Å². The molecule has 3 aromatic heterocycles. The van der Waals surface area contributed by atoms with Crippen LogP contribution >= 0.6 is 23.1 Å². The fourth-order valence-electron chi connectivity index (χ4n) is 3.28. The summed E-state index contributed by atoms with van der Waals surface area (Å²) in [4.78, 5) is 9.17. The fourth-order valence-corrected chi connectivity index (χ4v) is 5.05. The van der Waals surface area contributed by atoms with E-state index in [2.05, 4.69) is 26.2 Å². The van der Waals surface area contributed by atoms with Crippen LogP contribution in [0.2, 0.25) is 0 Å². The number of aliphatic hydroxyl groups excluding tert-OH is 2. The molecule has 9 nitrogen and oxygen atoms in total. The van der Waals surface area contributed by atoms with E-state index in [9.17, 15) is 10.2 Å². The SMILES string of the molecule is C#Cc1cncc(S[C@H]2O[C@H](CO)[C@H](O)[C@H](n3cc(-c4nccs4)nn3)[C@H]2OC)c1. The summed E-state index contributed by atoms with van der Waals surface area (Å²) in [6, 6.07) is 1.18.